The molecule has 52 heavy (non-hydrogen) atoms. The molecule has 3 N–H and O–H groups in total. The first-order chi connectivity index (χ1) is 24.7. The molecule has 0 radical (unpaired) electrons. The summed E-state index contributed by atoms with van der Waals surface area (Å²) in [5.74, 6) is 0.427. The van der Waals surface area contributed by atoms with Gasteiger partial charge in [0.15, 0.2) is 28.8 Å². The van der Waals surface area contributed by atoms with Crippen molar-refractivity contribution in [3.8, 4) is 17.2 Å². The molecule has 6 aliphatic rings. The first-order valence-electron chi connectivity index (χ1n) is 18.1. The van der Waals surface area contributed by atoms with E-state index in [0.717, 1.165) is 50.5 Å². The van der Waals surface area contributed by atoms with E-state index in [2.05, 4.69) is 11.9 Å². The van der Waals surface area contributed by atoms with Gasteiger partial charge < -0.3 is 29.5 Å². The molecule has 2 heterocycles. The van der Waals surface area contributed by atoms with E-state index in [4.69, 9.17) is 37.4 Å². The molecule has 10 nitrogen and oxygen atoms in total. The Balaban J connectivity index is 0.000000162. The summed E-state index contributed by atoms with van der Waals surface area (Å²) in [5, 5.41) is 32.4. The summed E-state index contributed by atoms with van der Waals surface area (Å²) >= 11 is 12.3. The highest BCUT2D eigenvalue weighted by atomic mass is 35.5. The number of carbonyl (C=O) groups is 3. The van der Waals surface area contributed by atoms with Crippen molar-refractivity contribution < 1.29 is 43.9 Å². The molecule has 4 fully saturated rings. The minimum atomic E-state index is -1.56. The van der Waals surface area contributed by atoms with Gasteiger partial charge in [-0.25, -0.2) is 0 Å². The van der Waals surface area contributed by atoms with Crippen LogP contribution >= 0.6 is 23.2 Å². The molecule has 1 aliphatic heterocycles. The number of carbonyl (C=O) groups excluding carboxylic acids is 3. The van der Waals surface area contributed by atoms with Crippen molar-refractivity contribution in [2.24, 2.45) is 28.6 Å². The molecular formula is C40H45Cl2NO9. The van der Waals surface area contributed by atoms with Crippen molar-refractivity contribution in [1.29, 1.82) is 0 Å². The Kier molecular flexibility index (Phi) is 9.65. The summed E-state index contributed by atoms with van der Waals surface area (Å²) in [6, 6.07) is 3.42. The van der Waals surface area contributed by atoms with E-state index in [0.29, 0.717) is 51.3 Å². The van der Waals surface area contributed by atoms with E-state index in [1.807, 2.05) is 13.0 Å². The van der Waals surface area contributed by atoms with Crippen molar-refractivity contribution in [3.63, 3.8) is 0 Å². The van der Waals surface area contributed by atoms with Gasteiger partial charge in [0.25, 0.3) is 5.79 Å². The SMILES string of the molecule is COc1ccc(C(=O)Cc2c(Cl)cncc2Cl)c2c1OC1(CCCC1)O2.C[C@]12C=CC(=O)C=C1CC[C@@H]1[C@@H]2[C@@H](O)C[C@@]2(C)[C@H]1CC[C@]2(O)C(=O)CO. The highest BCUT2D eigenvalue weighted by Crippen LogP contribution is 2.67. The van der Waals surface area contributed by atoms with Crippen molar-refractivity contribution in [2.75, 3.05) is 13.7 Å². The zero-order valence-electron chi connectivity index (χ0n) is 29.6. The van der Waals surface area contributed by atoms with E-state index in [-0.39, 0.29) is 41.2 Å². The molecule has 0 bridgehead atoms. The van der Waals surface area contributed by atoms with Crippen LogP contribution in [0.2, 0.25) is 10.0 Å². The third-order valence-electron chi connectivity index (χ3n) is 13.1. The maximum atomic E-state index is 13.0. The van der Waals surface area contributed by atoms with Crippen molar-refractivity contribution in [3.05, 3.63) is 69.5 Å². The molecular weight excluding hydrogens is 709 g/mol. The zero-order chi connectivity index (χ0) is 37.2. The quantitative estimate of drug-likeness (QED) is 0.282. The third-order valence-corrected chi connectivity index (χ3v) is 13.7. The summed E-state index contributed by atoms with van der Waals surface area (Å²) in [5.41, 5.74) is -0.554. The minimum absolute atomic E-state index is 0.00912. The summed E-state index contributed by atoms with van der Waals surface area (Å²) in [6.45, 7) is 3.34. The van der Waals surface area contributed by atoms with Gasteiger partial charge in [0.2, 0.25) is 5.75 Å². The van der Waals surface area contributed by atoms with Crippen LogP contribution in [0.1, 0.15) is 87.6 Å². The smallest absolute Gasteiger partial charge is 0.251 e. The topological polar surface area (TPSA) is 152 Å². The van der Waals surface area contributed by atoms with Gasteiger partial charge in [-0.05, 0) is 81.1 Å². The second kappa shape index (κ2) is 13.5. The Bertz CT molecular complexity index is 1850. The van der Waals surface area contributed by atoms with Gasteiger partial charge in [0.05, 0.1) is 28.8 Å². The number of benzene rings is 1. The Labute approximate surface area is 313 Å². The highest BCUT2D eigenvalue weighted by Gasteiger charge is 2.68. The van der Waals surface area contributed by atoms with Gasteiger partial charge in [-0.15, -0.1) is 0 Å². The predicted molar refractivity (Wildman–Crippen MR) is 193 cm³/mol. The highest BCUT2D eigenvalue weighted by molar-refractivity contribution is 6.36. The first-order valence-corrected chi connectivity index (χ1v) is 18.8. The van der Waals surface area contributed by atoms with Crippen LogP contribution in [0, 0.1) is 28.6 Å². The Morgan fingerprint density at radius 1 is 1.04 bits per heavy atom. The zero-order valence-corrected chi connectivity index (χ0v) is 31.1. The molecule has 4 saturated carbocycles. The lowest BCUT2D eigenvalue weighted by Crippen LogP contribution is -2.61. The van der Waals surface area contributed by atoms with E-state index in [9.17, 15) is 29.7 Å². The predicted octanol–water partition coefficient (Wildman–Crippen LogP) is 6.42. The minimum Gasteiger partial charge on any atom is -0.493 e. The molecule has 0 amide bonds. The molecule has 0 unspecified atom stereocenters. The number of nitrogens with zero attached hydrogens (tertiary/aromatic N) is 1. The average molecular weight is 755 g/mol. The van der Waals surface area contributed by atoms with Crippen LogP contribution in [0.3, 0.4) is 0 Å². The summed E-state index contributed by atoms with van der Waals surface area (Å²) in [6.07, 6.45) is 14.3. The monoisotopic (exact) mass is 753 g/mol. The lowest BCUT2D eigenvalue weighted by Gasteiger charge is -2.59. The molecule has 2 aromatic rings. The summed E-state index contributed by atoms with van der Waals surface area (Å²) in [4.78, 5) is 41.0. The fourth-order valence-electron chi connectivity index (χ4n) is 10.4. The Morgan fingerprint density at radius 3 is 2.40 bits per heavy atom. The molecule has 1 aromatic carbocycles. The second-order valence-electron chi connectivity index (χ2n) is 15.7. The van der Waals surface area contributed by atoms with Gasteiger partial charge in [-0.1, -0.05) is 48.7 Å². The summed E-state index contributed by atoms with van der Waals surface area (Å²) < 4.78 is 17.6. The van der Waals surface area contributed by atoms with Crippen molar-refractivity contribution in [1.82, 2.24) is 4.98 Å². The normalized spacial score (nSPS) is 33.4. The molecule has 1 spiro atoms. The number of aromatic nitrogens is 1. The van der Waals surface area contributed by atoms with Crippen LogP contribution < -0.4 is 14.2 Å². The number of ketones is 3. The molecule has 5 aliphatic carbocycles. The Morgan fingerprint density at radius 2 is 1.73 bits per heavy atom. The van der Waals surface area contributed by atoms with Crippen molar-refractivity contribution in [2.45, 2.75) is 95.5 Å². The number of allylic oxidation sites excluding steroid dienone is 4. The summed E-state index contributed by atoms with van der Waals surface area (Å²) in [7, 11) is 1.57. The van der Waals surface area contributed by atoms with Crippen molar-refractivity contribution >= 4 is 40.6 Å². The first kappa shape index (κ1) is 37.1. The standard InChI is InChI=1S/C21H28O5.C19H17Cl2NO4/c1-19-7-5-13(23)9-12(19)3-4-14-15-6-8-21(26,17(25)11-22)20(15,2)10-16(24)18(14)19;1-24-16-5-4-11(15(23)8-12-13(20)9-22-10-14(12)21)17-18(16)26-19(25-17)6-2-3-7-19/h5,7,9,14-16,18,22,24,26H,3-4,6,8,10-11H2,1-2H3;4-5,9-10H,2-3,6-8H2,1H3/t14-,15-,16-,18+,19-,20-,21-;/m0./s1. The number of hydrogen-bond donors (Lipinski definition) is 3. The largest absolute Gasteiger partial charge is 0.493 e. The van der Waals surface area contributed by atoms with Gasteiger partial charge in [0, 0.05) is 54.0 Å². The van der Waals surface area contributed by atoms with Gasteiger partial charge in [0.1, 0.15) is 12.2 Å². The number of ether oxygens (including phenoxy) is 3. The number of halogens is 2. The van der Waals surface area contributed by atoms with Crippen LogP contribution in [0.5, 0.6) is 17.2 Å². The lowest BCUT2D eigenvalue weighted by atomic mass is 9.46. The van der Waals surface area contributed by atoms with Crippen LogP contribution in [0.15, 0.2) is 48.3 Å². The van der Waals surface area contributed by atoms with E-state index in [1.54, 1.807) is 31.4 Å². The van der Waals surface area contributed by atoms with Crippen LogP contribution in [0.25, 0.3) is 0 Å². The number of pyridine rings is 1. The molecule has 12 heteroatoms. The fourth-order valence-corrected chi connectivity index (χ4v) is 10.9. The van der Waals surface area contributed by atoms with E-state index in [1.165, 1.54) is 12.4 Å². The Hall–Kier alpha value is -3.28. The third kappa shape index (κ3) is 5.80. The van der Waals surface area contributed by atoms with Crippen LogP contribution in [0.4, 0.5) is 0 Å². The van der Waals surface area contributed by atoms with E-state index < -0.39 is 35.3 Å². The molecule has 7 atom stereocenters. The number of rotatable bonds is 6. The van der Waals surface area contributed by atoms with Crippen LogP contribution in [-0.2, 0) is 16.0 Å². The number of fused-ring (bicyclic) bond motifs is 6. The maximum Gasteiger partial charge on any atom is 0.251 e. The van der Waals surface area contributed by atoms with E-state index >= 15 is 0 Å². The number of aliphatic hydroxyl groups excluding tert-OH is 2. The number of Topliss-reactive ketones (excluding diaryl/α,β-unsaturated/α-hetero) is 2. The van der Waals surface area contributed by atoms with Gasteiger partial charge in [-0.2, -0.15) is 0 Å². The fraction of sp³-hybridized carbons (Fsp3) is 0.550. The second-order valence-corrected chi connectivity index (χ2v) is 16.5. The molecule has 278 valence electrons. The molecule has 0 saturated heterocycles. The lowest BCUT2D eigenvalue weighted by molar-refractivity contribution is -0.178. The van der Waals surface area contributed by atoms with Gasteiger partial charge >= 0.3 is 0 Å². The number of aliphatic hydroxyl groups is 3. The maximum absolute atomic E-state index is 13.0. The number of methoxy groups -OCH3 is 1. The average Bonchev–Trinajstić information content (AvgIpc) is 3.81. The number of hydrogen-bond acceptors (Lipinski definition) is 10. The van der Waals surface area contributed by atoms with Gasteiger partial charge in [-0.3, -0.25) is 19.4 Å². The molecule has 1 aromatic heterocycles. The molecule has 8 rings (SSSR count). The van der Waals surface area contributed by atoms with Crippen LogP contribution in [-0.4, -0.2) is 68.9 Å².